The van der Waals surface area contributed by atoms with Gasteiger partial charge in [-0.1, -0.05) is 12.8 Å². The molecule has 0 bridgehead atoms. The van der Waals surface area contributed by atoms with Crippen molar-refractivity contribution in [2.75, 3.05) is 26.2 Å². The Labute approximate surface area is 139 Å². The van der Waals surface area contributed by atoms with E-state index in [2.05, 4.69) is 17.1 Å². The molecule has 1 aliphatic carbocycles. The van der Waals surface area contributed by atoms with E-state index in [1.54, 1.807) is 4.90 Å². The molecule has 6 nitrogen and oxygen atoms in total. The van der Waals surface area contributed by atoms with E-state index >= 15 is 0 Å². The maximum absolute atomic E-state index is 11.2. The lowest BCUT2D eigenvalue weighted by Crippen LogP contribution is -2.57. The van der Waals surface area contributed by atoms with Gasteiger partial charge in [0.05, 0.1) is 0 Å². The third-order valence-electron chi connectivity index (χ3n) is 6.25. The number of carboxylic acid groups (broad SMARTS) is 1. The zero-order chi connectivity index (χ0) is 16.4. The summed E-state index contributed by atoms with van der Waals surface area (Å²) in [6.07, 6.45) is 7.40. The highest BCUT2D eigenvalue weighted by Gasteiger charge is 2.42. The second-order valence-electron chi connectivity index (χ2n) is 7.93. The second-order valence-corrected chi connectivity index (χ2v) is 7.93. The van der Waals surface area contributed by atoms with Gasteiger partial charge in [0.1, 0.15) is 0 Å². The number of amides is 1. The molecule has 3 aliphatic rings. The van der Waals surface area contributed by atoms with Crippen molar-refractivity contribution in [1.82, 2.24) is 15.1 Å². The molecule has 4 N–H and O–H groups in total. The molecule has 0 radical (unpaired) electrons. The lowest BCUT2D eigenvalue weighted by atomic mass is 9.89. The quantitative estimate of drug-likeness (QED) is 0.732. The van der Waals surface area contributed by atoms with Gasteiger partial charge < -0.3 is 21.1 Å². The molecule has 0 aromatic heterocycles. The van der Waals surface area contributed by atoms with Gasteiger partial charge in [0.15, 0.2) is 0 Å². The molecule has 132 valence electrons. The van der Waals surface area contributed by atoms with E-state index in [9.17, 15) is 9.90 Å². The number of rotatable bonds is 3. The molecule has 6 heteroatoms. The van der Waals surface area contributed by atoms with E-state index in [1.165, 1.54) is 19.3 Å². The Bertz CT molecular complexity index is 425. The molecule has 0 spiro atoms. The Morgan fingerprint density at radius 3 is 2.48 bits per heavy atom. The molecule has 2 heterocycles. The minimum atomic E-state index is -0.781. The normalized spacial score (nSPS) is 37.2. The number of carbonyl (C=O) groups is 1. The SMILES string of the molecule is CC1(N2CCC(N[C@@H]3CCCC[C@H]3N)CC2)CCN(C(=O)O)C1. The van der Waals surface area contributed by atoms with Gasteiger partial charge in [-0.25, -0.2) is 4.79 Å². The molecule has 2 saturated heterocycles. The highest BCUT2D eigenvalue weighted by atomic mass is 16.4. The molecule has 3 rings (SSSR count). The summed E-state index contributed by atoms with van der Waals surface area (Å²) in [7, 11) is 0. The molecular weight excluding hydrogens is 292 g/mol. The zero-order valence-corrected chi connectivity index (χ0v) is 14.3. The summed E-state index contributed by atoms with van der Waals surface area (Å²) >= 11 is 0. The Hall–Kier alpha value is -0.850. The third kappa shape index (κ3) is 3.80. The van der Waals surface area contributed by atoms with Crippen molar-refractivity contribution in [1.29, 1.82) is 0 Å². The van der Waals surface area contributed by atoms with Crippen molar-refractivity contribution in [3.8, 4) is 0 Å². The molecule has 2 aliphatic heterocycles. The topological polar surface area (TPSA) is 81.8 Å². The van der Waals surface area contributed by atoms with Crippen molar-refractivity contribution < 1.29 is 9.90 Å². The molecule has 3 atom stereocenters. The summed E-state index contributed by atoms with van der Waals surface area (Å²) < 4.78 is 0. The van der Waals surface area contributed by atoms with Crippen LogP contribution in [-0.2, 0) is 0 Å². The minimum absolute atomic E-state index is 0.0185. The van der Waals surface area contributed by atoms with Crippen molar-refractivity contribution >= 4 is 6.09 Å². The zero-order valence-electron chi connectivity index (χ0n) is 14.3. The van der Waals surface area contributed by atoms with Crippen LogP contribution < -0.4 is 11.1 Å². The van der Waals surface area contributed by atoms with Crippen LogP contribution in [0.1, 0.15) is 51.9 Å². The van der Waals surface area contributed by atoms with Crippen LogP contribution in [0.3, 0.4) is 0 Å². The van der Waals surface area contributed by atoms with E-state index in [0.29, 0.717) is 31.2 Å². The van der Waals surface area contributed by atoms with Crippen molar-refractivity contribution in [2.24, 2.45) is 5.73 Å². The fourth-order valence-electron chi connectivity index (χ4n) is 4.62. The number of nitrogens with zero attached hydrogens (tertiary/aromatic N) is 2. The number of hydrogen-bond donors (Lipinski definition) is 3. The van der Waals surface area contributed by atoms with Gasteiger partial charge in [0.2, 0.25) is 0 Å². The van der Waals surface area contributed by atoms with E-state index < -0.39 is 6.09 Å². The summed E-state index contributed by atoms with van der Waals surface area (Å²) in [5.41, 5.74) is 6.27. The van der Waals surface area contributed by atoms with Gasteiger partial charge in [-0.3, -0.25) is 4.90 Å². The van der Waals surface area contributed by atoms with Crippen LogP contribution in [0, 0.1) is 0 Å². The summed E-state index contributed by atoms with van der Waals surface area (Å²) in [6.45, 7) is 5.66. The first kappa shape index (κ1) is 17.0. The Balaban J connectivity index is 1.48. The summed E-state index contributed by atoms with van der Waals surface area (Å²) in [5.74, 6) is 0. The fraction of sp³-hybridized carbons (Fsp3) is 0.941. The number of hydrogen-bond acceptors (Lipinski definition) is 4. The summed E-state index contributed by atoms with van der Waals surface area (Å²) in [5, 5.41) is 13.0. The Morgan fingerprint density at radius 1 is 1.17 bits per heavy atom. The van der Waals surface area contributed by atoms with Gasteiger partial charge in [-0.15, -0.1) is 0 Å². The van der Waals surface area contributed by atoms with Crippen LogP contribution in [0.5, 0.6) is 0 Å². The highest BCUT2D eigenvalue weighted by molar-refractivity contribution is 5.65. The number of likely N-dealkylation sites (tertiary alicyclic amines) is 2. The van der Waals surface area contributed by atoms with E-state index in [0.717, 1.165) is 38.8 Å². The molecule has 1 saturated carbocycles. The van der Waals surface area contributed by atoms with Crippen LogP contribution in [0.15, 0.2) is 0 Å². The van der Waals surface area contributed by atoms with Crippen molar-refractivity contribution in [3.05, 3.63) is 0 Å². The molecule has 1 unspecified atom stereocenters. The predicted molar refractivity (Wildman–Crippen MR) is 90.6 cm³/mol. The highest BCUT2D eigenvalue weighted by Crippen LogP contribution is 2.30. The van der Waals surface area contributed by atoms with Crippen LogP contribution in [-0.4, -0.2) is 70.8 Å². The Kier molecular flexibility index (Phi) is 5.13. The minimum Gasteiger partial charge on any atom is -0.465 e. The lowest BCUT2D eigenvalue weighted by Gasteiger charge is -2.44. The molecule has 23 heavy (non-hydrogen) atoms. The van der Waals surface area contributed by atoms with Crippen LogP contribution >= 0.6 is 0 Å². The maximum atomic E-state index is 11.2. The Morgan fingerprint density at radius 2 is 1.87 bits per heavy atom. The number of nitrogens with one attached hydrogen (secondary N) is 1. The first-order valence-electron chi connectivity index (χ1n) is 9.22. The van der Waals surface area contributed by atoms with Gasteiger partial charge >= 0.3 is 6.09 Å². The molecular formula is C17H32N4O2. The first-order valence-corrected chi connectivity index (χ1v) is 9.22. The molecule has 0 aromatic rings. The first-order chi connectivity index (χ1) is 11.0. The average Bonchev–Trinajstić information content (AvgIpc) is 2.94. The third-order valence-corrected chi connectivity index (χ3v) is 6.25. The van der Waals surface area contributed by atoms with Gasteiger partial charge in [-0.2, -0.15) is 0 Å². The largest absolute Gasteiger partial charge is 0.465 e. The molecule has 0 aromatic carbocycles. The number of nitrogens with two attached hydrogens (primary N) is 1. The van der Waals surface area contributed by atoms with E-state index in [-0.39, 0.29) is 5.54 Å². The van der Waals surface area contributed by atoms with E-state index in [1.807, 2.05) is 0 Å². The number of piperidine rings is 1. The van der Waals surface area contributed by atoms with Crippen molar-refractivity contribution in [3.63, 3.8) is 0 Å². The fourth-order valence-corrected chi connectivity index (χ4v) is 4.62. The predicted octanol–water partition coefficient (Wildman–Crippen LogP) is 1.45. The summed E-state index contributed by atoms with van der Waals surface area (Å²) in [6, 6.07) is 1.38. The standard InChI is InChI=1S/C17H32N4O2/c1-17(8-11-20(12-17)16(22)23)21-9-6-13(7-10-21)19-15-5-3-2-4-14(15)18/h13-15,19H,2-12,18H2,1H3,(H,22,23)/t14-,15-,17?/m1/s1. The van der Waals surface area contributed by atoms with E-state index in [4.69, 9.17) is 5.73 Å². The molecule has 1 amide bonds. The molecule has 3 fully saturated rings. The van der Waals surface area contributed by atoms with Gasteiger partial charge in [-0.05, 0) is 39.0 Å². The lowest BCUT2D eigenvalue weighted by molar-refractivity contribution is 0.0696. The van der Waals surface area contributed by atoms with Gasteiger partial charge in [0.25, 0.3) is 0 Å². The van der Waals surface area contributed by atoms with Crippen LogP contribution in [0.4, 0.5) is 4.79 Å². The summed E-state index contributed by atoms with van der Waals surface area (Å²) in [4.78, 5) is 15.2. The monoisotopic (exact) mass is 324 g/mol. The van der Waals surface area contributed by atoms with Crippen LogP contribution in [0.2, 0.25) is 0 Å². The smallest absolute Gasteiger partial charge is 0.407 e. The van der Waals surface area contributed by atoms with Crippen LogP contribution in [0.25, 0.3) is 0 Å². The maximum Gasteiger partial charge on any atom is 0.407 e. The second kappa shape index (κ2) is 6.95. The average molecular weight is 324 g/mol. The van der Waals surface area contributed by atoms with Gasteiger partial charge in [0, 0.05) is 49.8 Å². The van der Waals surface area contributed by atoms with Crippen molar-refractivity contribution in [2.45, 2.75) is 75.5 Å².